The molecule has 0 bridgehead atoms. The van der Waals surface area contributed by atoms with Gasteiger partial charge in [0.05, 0.1) is 40.7 Å². The quantitative estimate of drug-likeness (QED) is 0.487. The van der Waals surface area contributed by atoms with E-state index in [0.29, 0.717) is 17.7 Å². The van der Waals surface area contributed by atoms with Crippen LogP contribution in [0.15, 0.2) is 35.8 Å². The Labute approximate surface area is 117 Å². The second kappa shape index (κ2) is 5.04. The molecule has 106 valence electrons. The minimum absolute atomic E-state index is 0.177. The molecule has 0 amide bonds. The molecule has 9 heteroatoms. The molecule has 0 saturated carbocycles. The van der Waals surface area contributed by atoms with Crippen LogP contribution in [-0.2, 0) is 6.54 Å². The molecule has 3 N–H and O–H groups in total. The van der Waals surface area contributed by atoms with Gasteiger partial charge in [-0.15, -0.1) is 0 Å². The number of nitro groups is 1. The number of hydrogen-bond acceptors (Lipinski definition) is 6. The van der Waals surface area contributed by atoms with E-state index in [0.717, 1.165) is 5.69 Å². The summed E-state index contributed by atoms with van der Waals surface area (Å²) in [7, 11) is 0. The van der Waals surface area contributed by atoms with Gasteiger partial charge in [0.25, 0.3) is 11.2 Å². The van der Waals surface area contributed by atoms with E-state index in [1.165, 1.54) is 24.8 Å². The smallest absolute Gasteiger partial charge is 0.293 e. The highest BCUT2D eigenvalue weighted by atomic mass is 16.6. The van der Waals surface area contributed by atoms with Crippen LogP contribution in [0, 0.1) is 10.1 Å². The van der Waals surface area contributed by atoms with E-state index in [1.807, 2.05) is 0 Å². The molecule has 2 heterocycles. The van der Waals surface area contributed by atoms with E-state index in [1.54, 1.807) is 6.20 Å². The summed E-state index contributed by atoms with van der Waals surface area (Å²) < 4.78 is 0. The number of rotatable bonds is 4. The van der Waals surface area contributed by atoms with Crippen LogP contribution >= 0.6 is 0 Å². The van der Waals surface area contributed by atoms with Crippen molar-refractivity contribution in [2.75, 3.05) is 5.32 Å². The first-order chi connectivity index (χ1) is 10.1. The highest BCUT2D eigenvalue weighted by molar-refractivity contribution is 5.86. The average Bonchev–Trinajstić information content (AvgIpc) is 2.97. The fourth-order valence-corrected chi connectivity index (χ4v) is 1.97. The van der Waals surface area contributed by atoms with E-state index in [-0.39, 0.29) is 11.1 Å². The van der Waals surface area contributed by atoms with Crippen molar-refractivity contribution in [3.63, 3.8) is 0 Å². The predicted molar refractivity (Wildman–Crippen MR) is 74.9 cm³/mol. The molecule has 3 aromatic rings. The summed E-state index contributed by atoms with van der Waals surface area (Å²) in [6.45, 7) is 0.343. The number of anilines is 1. The van der Waals surface area contributed by atoms with Gasteiger partial charge < -0.3 is 15.3 Å². The number of fused-ring (bicyclic) bond motifs is 1. The fourth-order valence-electron chi connectivity index (χ4n) is 1.97. The Bertz CT molecular complexity index is 855. The van der Waals surface area contributed by atoms with E-state index in [9.17, 15) is 14.9 Å². The van der Waals surface area contributed by atoms with Crippen LogP contribution in [0.1, 0.15) is 5.69 Å². The number of aromatic amines is 2. The highest BCUT2D eigenvalue weighted by Gasteiger charge is 2.17. The third kappa shape index (κ3) is 2.43. The maximum atomic E-state index is 11.7. The highest BCUT2D eigenvalue weighted by Crippen LogP contribution is 2.28. The largest absolute Gasteiger partial charge is 0.374 e. The van der Waals surface area contributed by atoms with Gasteiger partial charge in [-0.05, 0) is 6.07 Å². The van der Waals surface area contributed by atoms with Crippen LogP contribution in [-0.4, -0.2) is 24.9 Å². The molecule has 0 radical (unpaired) electrons. The summed E-state index contributed by atoms with van der Waals surface area (Å²) in [4.78, 5) is 35.4. The molecule has 1 aromatic carbocycles. The number of nitrogens with zero attached hydrogens (tertiary/aromatic N) is 3. The van der Waals surface area contributed by atoms with Gasteiger partial charge in [0, 0.05) is 12.3 Å². The lowest BCUT2D eigenvalue weighted by atomic mass is 10.2. The Hall–Kier alpha value is -3.23. The van der Waals surface area contributed by atoms with Crippen molar-refractivity contribution < 1.29 is 4.92 Å². The molecule has 0 aliphatic rings. The van der Waals surface area contributed by atoms with Gasteiger partial charge in [-0.3, -0.25) is 14.9 Å². The van der Waals surface area contributed by atoms with Crippen LogP contribution in [0.2, 0.25) is 0 Å². The average molecular weight is 286 g/mol. The summed E-state index contributed by atoms with van der Waals surface area (Å²) in [6.07, 6.45) is 4.39. The van der Waals surface area contributed by atoms with Gasteiger partial charge in [-0.25, -0.2) is 9.97 Å². The summed E-state index contributed by atoms with van der Waals surface area (Å²) in [6, 6.07) is 2.70. The number of imidazole rings is 1. The lowest BCUT2D eigenvalue weighted by Crippen LogP contribution is -2.09. The molecule has 0 aliphatic carbocycles. The van der Waals surface area contributed by atoms with Crippen molar-refractivity contribution in [3.8, 4) is 0 Å². The molecular weight excluding hydrogens is 276 g/mol. The third-order valence-corrected chi connectivity index (χ3v) is 2.98. The Morgan fingerprint density at radius 1 is 1.29 bits per heavy atom. The summed E-state index contributed by atoms with van der Waals surface area (Å²) in [5, 5.41) is 14.3. The molecule has 0 spiro atoms. The summed E-state index contributed by atoms with van der Waals surface area (Å²) in [5.74, 6) is 0. The van der Waals surface area contributed by atoms with Gasteiger partial charge in [-0.2, -0.15) is 0 Å². The van der Waals surface area contributed by atoms with Gasteiger partial charge in [-0.1, -0.05) is 0 Å². The zero-order valence-electron chi connectivity index (χ0n) is 10.7. The number of H-pyrrole nitrogens is 2. The van der Waals surface area contributed by atoms with Crippen molar-refractivity contribution in [2.24, 2.45) is 0 Å². The third-order valence-electron chi connectivity index (χ3n) is 2.98. The van der Waals surface area contributed by atoms with Crippen LogP contribution in [0.4, 0.5) is 11.4 Å². The maximum Gasteiger partial charge on any atom is 0.293 e. The molecule has 2 aromatic heterocycles. The molecule has 21 heavy (non-hydrogen) atoms. The Kier molecular flexibility index (Phi) is 3.07. The van der Waals surface area contributed by atoms with Crippen LogP contribution in [0.3, 0.4) is 0 Å². The standard InChI is InChI=1S/C12H10N6O3/c19-12-8-1-11(18(20)21)10(2-9(8)16-6-17-12)14-4-7-3-13-5-15-7/h1-3,5-6,14H,4H2,(H,13,15)(H,16,17,19). The summed E-state index contributed by atoms with van der Waals surface area (Å²) in [5.41, 5.74) is 0.864. The second-order valence-electron chi connectivity index (χ2n) is 4.31. The normalized spacial score (nSPS) is 10.7. The van der Waals surface area contributed by atoms with E-state index < -0.39 is 10.5 Å². The van der Waals surface area contributed by atoms with Crippen LogP contribution < -0.4 is 10.9 Å². The van der Waals surface area contributed by atoms with Crippen LogP contribution in [0.5, 0.6) is 0 Å². The minimum atomic E-state index is -0.541. The zero-order valence-corrected chi connectivity index (χ0v) is 10.7. The number of nitrogens with one attached hydrogen (secondary N) is 3. The maximum absolute atomic E-state index is 11.7. The van der Waals surface area contributed by atoms with Gasteiger partial charge in [0.1, 0.15) is 5.69 Å². The van der Waals surface area contributed by atoms with Gasteiger partial charge >= 0.3 is 0 Å². The molecule has 0 atom stereocenters. The van der Waals surface area contributed by atoms with Gasteiger partial charge in [0.2, 0.25) is 0 Å². The van der Waals surface area contributed by atoms with Crippen molar-refractivity contribution in [1.82, 2.24) is 19.9 Å². The molecular formula is C12H10N6O3. The lowest BCUT2D eigenvalue weighted by Gasteiger charge is -2.07. The van der Waals surface area contributed by atoms with Crippen molar-refractivity contribution in [2.45, 2.75) is 6.54 Å². The SMILES string of the molecule is O=c1[nH]cnc2cc(NCc3cnc[nH]3)c([N+](=O)[O-])cc12. The van der Waals surface area contributed by atoms with Crippen molar-refractivity contribution >= 4 is 22.3 Å². The predicted octanol–water partition coefficient (Wildman–Crippen LogP) is 1.17. The number of benzene rings is 1. The fraction of sp³-hybridized carbons (Fsp3) is 0.0833. The van der Waals surface area contributed by atoms with E-state index >= 15 is 0 Å². The molecule has 0 fully saturated rings. The van der Waals surface area contributed by atoms with Crippen LogP contribution in [0.25, 0.3) is 10.9 Å². The van der Waals surface area contributed by atoms with Gasteiger partial charge in [0.15, 0.2) is 0 Å². The van der Waals surface area contributed by atoms with Crippen molar-refractivity contribution in [1.29, 1.82) is 0 Å². The molecule has 0 aliphatic heterocycles. The van der Waals surface area contributed by atoms with E-state index in [2.05, 4.69) is 25.3 Å². The zero-order chi connectivity index (χ0) is 14.8. The lowest BCUT2D eigenvalue weighted by molar-refractivity contribution is -0.383. The first kappa shape index (κ1) is 12.8. The Morgan fingerprint density at radius 3 is 2.86 bits per heavy atom. The number of nitro benzene ring substituents is 1. The van der Waals surface area contributed by atoms with E-state index in [4.69, 9.17) is 0 Å². The minimum Gasteiger partial charge on any atom is -0.374 e. The second-order valence-corrected chi connectivity index (χ2v) is 4.31. The number of hydrogen-bond donors (Lipinski definition) is 3. The van der Waals surface area contributed by atoms with Crippen molar-refractivity contribution in [3.05, 3.63) is 57.1 Å². The Balaban J connectivity index is 2.05. The molecule has 3 rings (SSSR count). The molecule has 9 nitrogen and oxygen atoms in total. The Morgan fingerprint density at radius 2 is 2.14 bits per heavy atom. The first-order valence-electron chi connectivity index (χ1n) is 6.02. The first-order valence-corrected chi connectivity index (χ1v) is 6.02. The number of aromatic nitrogens is 4. The topological polar surface area (TPSA) is 130 Å². The monoisotopic (exact) mass is 286 g/mol. The molecule has 0 unspecified atom stereocenters. The molecule has 0 saturated heterocycles. The summed E-state index contributed by atoms with van der Waals surface area (Å²) >= 11 is 0.